The summed E-state index contributed by atoms with van der Waals surface area (Å²) in [5.74, 6) is -1.23. The third kappa shape index (κ3) is 2.87. The Morgan fingerprint density at radius 3 is 2.64 bits per heavy atom. The fourth-order valence-electron chi connectivity index (χ4n) is 3.13. The van der Waals surface area contributed by atoms with Gasteiger partial charge in [0.2, 0.25) is 5.91 Å². The van der Waals surface area contributed by atoms with Crippen molar-refractivity contribution in [3.8, 4) is 28.5 Å². The zero-order chi connectivity index (χ0) is 19.8. The normalized spacial score (nSPS) is 10.8. The molecule has 0 aliphatic heterocycles. The van der Waals surface area contributed by atoms with Crippen molar-refractivity contribution in [1.82, 2.24) is 14.8 Å². The molecule has 2 heterocycles. The molecule has 0 radical (unpaired) electrons. The van der Waals surface area contributed by atoms with E-state index in [1.165, 1.54) is 18.3 Å². The van der Waals surface area contributed by atoms with Crippen molar-refractivity contribution in [1.29, 1.82) is 5.26 Å². The average molecular weight is 371 g/mol. The van der Waals surface area contributed by atoms with E-state index in [1.807, 2.05) is 25.2 Å². The van der Waals surface area contributed by atoms with Gasteiger partial charge in [0.25, 0.3) is 0 Å². The first-order chi connectivity index (χ1) is 13.5. The maximum Gasteiger partial charge on any atom is 0.250 e. The van der Waals surface area contributed by atoms with Gasteiger partial charge in [-0.05, 0) is 35.9 Å². The minimum Gasteiger partial charge on any atom is -0.366 e. The van der Waals surface area contributed by atoms with Crippen LogP contribution >= 0.6 is 0 Å². The summed E-state index contributed by atoms with van der Waals surface area (Å²) < 4.78 is 15.9. The third-order valence-corrected chi connectivity index (χ3v) is 4.59. The Kier molecular flexibility index (Phi) is 4.09. The van der Waals surface area contributed by atoms with Crippen LogP contribution in [0.4, 0.5) is 4.39 Å². The van der Waals surface area contributed by atoms with Crippen LogP contribution in [-0.4, -0.2) is 20.7 Å². The van der Waals surface area contributed by atoms with Gasteiger partial charge in [0.15, 0.2) is 0 Å². The lowest BCUT2D eigenvalue weighted by molar-refractivity contribution is 0.1000. The summed E-state index contributed by atoms with van der Waals surface area (Å²) in [7, 11) is 1.85. The van der Waals surface area contributed by atoms with E-state index in [2.05, 4.69) is 10.1 Å². The highest BCUT2D eigenvalue weighted by Gasteiger charge is 2.15. The summed E-state index contributed by atoms with van der Waals surface area (Å²) in [6.45, 7) is 0. The van der Waals surface area contributed by atoms with Gasteiger partial charge in [-0.15, -0.1) is 0 Å². The van der Waals surface area contributed by atoms with Crippen molar-refractivity contribution in [2.75, 3.05) is 0 Å². The number of pyridine rings is 1. The summed E-state index contributed by atoms with van der Waals surface area (Å²) in [4.78, 5) is 16.0. The molecule has 0 aliphatic carbocycles. The van der Waals surface area contributed by atoms with E-state index in [4.69, 9.17) is 11.0 Å². The van der Waals surface area contributed by atoms with Gasteiger partial charge in [-0.1, -0.05) is 12.1 Å². The molecule has 0 spiro atoms. The molecule has 136 valence electrons. The predicted molar refractivity (Wildman–Crippen MR) is 103 cm³/mol. The Hall–Kier alpha value is -4.05. The molecule has 0 unspecified atom stereocenters. The molecule has 0 aliphatic rings. The second-order valence-corrected chi connectivity index (χ2v) is 6.33. The summed E-state index contributed by atoms with van der Waals surface area (Å²) in [5, 5.41) is 14.1. The molecule has 0 saturated heterocycles. The van der Waals surface area contributed by atoms with Crippen LogP contribution < -0.4 is 5.73 Å². The maximum atomic E-state index is 14.2. The molecule has 2 aromatic carbocycles. The number of carbonyl (C=O) groups is 1. The minimum atomic E-state index is -0.630. The van der Waals surface area contributed by atoms with E-state index < -0.39 is 11.7 Å². The van der Waals surface area contributed by atoms with Gasteiger partial charge >= 0.3 is 0 Å². The molecule has 0 fully saturated rings. The first-order valence-electron chi connectivity index (χ1n) is 8.40. The van der Waals surface area contributed by atoms with Crippen LogP contribution in [0, 0.1) is 17.1 Å². The molecule has 4 aromatic rings. The molecule has 2 N–H and O–H groups in total. The molecule has 2 aromatic heterocycles. The number of fused-ring (bicyclic) bond motifs is 1. The summed E-state index contributed by atoms with van der Waals surface area (Å²) in [6.07, 6.45) is 3.10. The molecule has 0 saturated carbocycles. The smallest absolute Gasteiger partial charge is 0.250 e. The number of hydrogen-bond donors (Lipinski definition) is 1. The Labute approximate surface area is 159 Å². The largest absolute Gasteiger partial charge is 0.366 e. The Morgan fingerprint density at radius 2 is 1.93 bits per heavy atom. The number of aromatic nitrogens is 3. The highest BCUT2D eigenvalue weighted by molar-refractivity contribution is 5.96. The second kappa shape index (κ2) is 6.59. The van der Waals surface area contributed by atoms with Crippen LogP contribution in [0.3, 0.4) is 0 Å². The number of amides is 1. The zero-order valence-corrected chi connectivity index (χ0v) is 14.8. The van der Waals surface area contributed by atoms with Crippen LogP contribution in [0.1, 0.15) is 15.9 Å². The molecule has 1 amide bonds. The second-order valence-electron chi connectivity index (χ2n) is 6.33. The van der Waals surface area contributed by atoms with Gasteiger partial charge in [0, 0.05) is 29.8 Å². The number of aryl methyl sites for hydroxylation is 1. The van der Waals surface area contributed by atoms with Crippen molar-refractivity contribution in [2.24, 2.45) is 12.8 Å². The number of primary amides is 1. The van der Waals surface area contributed by atoms with Crippen LogP contribution in [0.25, 0.3) is 33.3 Å². The first kappa shape index (κ1) is 17.4. The van der Waals surface area contributed by atoms with Gasteiger partial charge in [-0.25, -0.2) is 4.39 Å². The standard InChI is InChI=1S/C21H14FN5O/c1-27-19-5-4-12(6-15(19)11-26-27)17-7-16(21(24)28)10-25-20(17)13-2-3-14(9-23)18(22)8-13/h2-8,10-11H,1H3,(H2,24,28). The Morgan fingerprint density at radius 1 is 1.14 bits per heavy atom. The fraction of sp³-hybridized carbons (Fsp3) is 0.0476. The molecule has 0 atom stereocenters. The van der Waals surface area contributed by atoms with Crippen molar-refractivity contribution in [3.05, 3.63) is 71.8 Å². The van der Waals surface area contributed by atoms with Crippen LogP contribution in [0.5, 0.6) is 0 Å². The lowest BCUT2D eigenvalue weighted by Gasteiger charge is -2.11. The van der Waals surface area contributed by atoms with Gasteiger partial charge in [0.1, 0.15) is 11.9 Å². The number of nitrogens with zero attached hydrogens (tertiary/aromatic N) is 4. The van der Waals surface area contributed by atoms with Gasteiger partial charge < -0.3 is 5.73 Å². The average Bonchev–Trinajstić information content (AvgIpc) is 3.07. The van der Waals surface area contributed by atoms with Crippen LogP contribution in [0.2, 0.25) is 0 Å². The molecule has 28 heavy (non-hydrogen) atoms. The van der Waals surface area contributed by atoms with Crippen LogP contribution in [0.15, 0.2) is 54.9 Å². The highest BCUT2D eigenvalue weighted by Crippen LogP contribution is 2.33. The summed E-state index contributed by atoms with van der Waals surface area (Å²) in [5.41, 5.74) is 8.97. The SMILES string of the molecule is Cn1ncc2cc(-c3cc(C(N)=O)cnc3-c3ccc(C#N)c(F)c3)ccc21. The first-order valence-corrected chi connectivity index (χ1v) is 8.40. The molecular formula is C21H14FN5O. The van der Waals surface area contributed by atoms with E-state index in [0.717, 1.165) is 16.5 Å². The Balaban J connectivity index is 1.95. The number of hydrogen-bond acceptors (Lipinski definition) is 4. The molecule has 7 heteroatoms. The van der Waals surface area contributed by atoms with Crippen LogP contribution in [-0.2, 0) is 7.05 Å². The number of rotatable bonds is 3. The van der Waals surface area contributed by atoms with Crippen molar-refractivity contribution >= 4 is 16.8 Å². The molecular weight excluding hydrogens is 357 g/mol. The van der Waals surface area contributed by atoms with Gasteiger partial charge in [0.05, 0.1) is 28.5 Å². The van der Waals surface area contributed by atoms with E-state index in [0.29, 0.717) is 16.8 Å². The number of halogens is 1. The monoisotopic (exact) mass is 371 g/mol. The van der Waals surface area contributed by atoms with Crippen molar-refractivity contribution < 1.29 is 9.18 Å². The maximum absolute atomic E-state index is 14.2. The van der Waals surface area contributed by atoms with Gasteiger partial charge in [-0.2, -0.15) is 10.4 Å². The quantitative estimate of drug-likeness (QED) is 0.597. The lowest BCUT2D eigenvalue weighted by Crippen LogP contribution is -2.11. The molecule has 4 rings (SSSR count). The van der Waals surface area contributed by atoms with Gasteiger partial charge in [-0.3, -0.25) is 14.5 Å². The highest BCUT2D eigenvalue weighted by atomic mass is 19.1. The van der Waals surface area contributed by atoms with E-state index in [9.17, 15) is 9.18 Å². The van der Waals surface area contributed by atoms with E-state index in [-0.39, 0.29) is 11.1 Å². The van der Waals surface area contributed by atoms with Crippen molar-refractivity contribution in [3.63, 3.8) is 0 Å². The van der Waals surface area contributed by atoms with Crippen molar-refractivity contribution in [2.45, 2.75) is 0 Å². The summed E-state index contributed by atoms with van der Waals surface area (Å²) >= 11 is 0. The summed E-state index contributed by atoms with van der Waals surface area (Å²) in [6, 6.07) is 13.5. The minimum absolute atomic E-state index is 0.0455. The molecule has 0 bridgehead atoms. The zero-order valence-electron chi connectivity index (χ0n) is 14.8. The number of benzene rings is 2. The predicted octanol–water partition coefficient (Wildman–Crippen LogP) is 3.41. The molecule has 6 nitrogen and oxygen atoms in total. The lowest BCUT2D eigenvalue weighted by atomic mass is 9.96. The fourth-order valence-corrected chi connectivity index (χ4v) is 3.13. The third-order valence-electron chi connectivity index (χ3n) is 4.59. The number of nitrogens with two attached hydrogens (primary N) is 1. The van der Waals surface area contributed by atoms with E-state index in [1.54, 1.807) is 29.1 Å². The topological polar surface area (TPSA) is 97.6 Å². The van der Waals surface area contributed by atoms with E-state index >= 15 is 0 Å². The number of carbonyl (C=O) groups excluding carboxylic acids is 1. The number of nitriles is 1. The Bertz CT molecular complexity index is 1290.